The van der Waals surface area contributed by atoms with Crippen molar-refractivity contribution in [3.8, 4) is 0 Å². The average molecular weight is 263 g/mol. The van der Waals surface area contributed by atoms with E-state index in [0.717, 1.165) is 43.3 Å². The second-order valence-corrected chi connectivity index (χ2v) is 4.94. The van der Waals surface area contributed by atoms with E-state index in [1.54, 1.807) is 0 Å². The van der Waals surface area contributed by atoms with Gasteiger partial charge < -0.3 is 10.0 Å². The lowest BCUT2D eigenvalue weighted by atomic mass is 9.97. The fourth-order valence-corrected chi connectivity index (χ4v) is 2.39. The van der Waals surface area contributed by atoms with E-state index in [1.165, 1.54) is 0 Å². The van der Waals surface area contributed by atoms with Gasteiger partial charge >= 0.3 is 5.97 Å². The molecule has 2 rings (SSSR count). The van der Waals surface area contributed by atoms with Crippen molar-refractivity contribution in [2.45, 2.75) is 39.5 Å². The third kappa shape index (κ3) is 3.22. The minimum absolute atomic E-state index is 0.200. The summed E-state index contributed by atoms with van der Waals surface area (Å²) in [6.07, 6.45) is 3.12. The lowest BCUT2D eigenvalue weighted by molar-refractivity contribution is -0.142. The number of anilines is 1. The molecule has 1 aliphatic heterocycles. The minimum atomic E-state index is -0.675. The van der Waals surface area contributed by atoms with Gasteiger partial charge in [0.2, 0.25) is 0 Å². The Kier molecular flexibility index (Phi) is 4.35. The number of rotatable bonds is 4. The van der Waals surface area contributed by atoms with Gasteiger partial charge in [0.1, 0.15) is 11.6 Å². The number of aryl methyl sites for hydroxylation is 2. The number of hydrogen-bond donors (Lipinski definition) is 1. The zero-order valence-electron chi connectivity index (χ0n) is 11.6. The van der Waals surface area contributed by atoms with Gasteiger partial charge in [-0.15, -0.1) is 0 Å². The van der Waals surface area contributed by atoms with Crippen LogP contribution in [-0.4, -0.2) is 34.1 Å². The van der Waals surface area contributed by atoms with Crippen molar-refractivity contribution >= 4 is 11.8 Å². The Balaban J connectivity index is 2.12. The highest BCUT2D eigenvalue weighted by Gasteiger charge is 2.25. The lowest BCUT2D eigenvalue weighted by Gasteiger charge is -2.31. The Morgan fingerprint density at radius 1 is 1.32 bits per heavy atom. The van der Waals surface area contributed by atoms with Crippen molar-refractivity contribution in [3.63, 3.8) is 0 Å². The zero-order chi connectivity index (χ0) is 13.8. The molecule has 5 heteroatoms. The molecule has 0 atom stereocenters. The van der Waals surface area contributed by atoms with Crippen LogP contribution in [0, 0.1) is 5.92 Å². The first-order valence-electron chi connectivity index (χ1n) is 6.98. The summed E-state index contributed by atoms with van der Waals surface area (Å²) in [4.78, 5) is 22.2. The molecule has 104 valence electrons. The van der Waals surface area contributed by atoms with Crippen molar-refractivity contribution in [2.75, 3.05) is 18.0 Å². The van der Waals surface area contributed by atoms with Gasteiger partial charge in [0.15, 0.2) is 0 Å². The smallest absolute Gasteiger partial charge is 0.306 e. The Bertz CT molecular complexity index is 432. The molecule has 0 unspecified atom stereocenters. The summed E-state index contributed by atoms with van der Waals surface area (Å²) < 4.78 is 0. The molecule has 0 radical (unpaired) electrons. The highest BCUT2D eigenvalue weighted by atomic mass is 16.4. The molecule has 1 fully saturated rings. The summed E-state index contributed by atoms with van der Waals surface area (Å²) in [5, 5.41) is 9.02. The van der Waals surface area contributed by atoms with E-state index in [-0.39, 0.29) is 5.92 Å². The summed E-state index contributed by atoms with van der Waals surface area (Å²) in [6.45, 7) is 5.66. The summed E-state index contributed by atoms with van der Waals surface area (Å²) >= 11 is 0. The quantitative estimate of drug-likeness (QED) is 0.898. The summed E-state index contributed by atoms with van der Waals surface area (Å²) in [5.41, 5.74) is 1.06. The fraction of sp³-hybridized carbons (Fsp3) is 0.643. The molecule has 0 bridgehead atoms. The number of nitrogens with zero attached hydrogens (tertiary/aromatic N) is 3. The van der Waals surface area contributed by atoms with E-state index < -0.39 is 5.97 Å². The van der Waals surface area contributed by atoms with Crippen molar-refractivity contribution in [2.24, 2.45) is 5.92 Å². The third-order valence-electron chi connectivity index (χ3n) is 3.66. The fourth-order valence-electron chi connectivity index (χ4n) is 2.39. The standard InChI is InChI=1S/C14H21N3O2/c1-3-11-9-13(16-12(4-2)15-11)17-7-5-10(6-8-17)14(18)19/h9-10H,3-8H2,1-2H3,(H,18,19). The molecule has 5 nitrogen and oxygen atoms in total. The molecular weight excluding hydrogens is 242 g/mol. The lowest BCUT2D eigenvalue weighted by Crippen LogP contribution is -2.37. The predicted molar refractivity (Wildman–Crippen MR) is 73.4 cm³/mol. The van der Waals surface area contributed by atoms with Crippen LogP contribution in [0.2, 0.25) is 0 Å². The Hall–Kier alpha value is -1.65. The first-order chi connectivity index (χ1) is 9.13. The predicted octanol–water partition coefficient (Wildman–Crippen LogP) is 1.90. The van der Waals surface area contributed by atoms with E-state index in [9.17, 15) is 4.79 Å². The van der Waals surface area contributed by atoms with Gasteiger partial charge in [0.25, 0.3) is 0 Å². The largest absolute Gasteiger partial charge is 0.481 e. The van der Waals surface area contributed by atoms with Gasteiger partial charge in [-0.25, -0.2) is 9.97 Å². The van der Waals surface area contributed by atoms with E-state index in [2.05, 4.69) is 28.7 Å². The molecule has 0 aromatic carbocycles. The minimum Gasteiger partial charge on any atom is -0.481 e. The van der Waals surface area contributed by atoms with Crippen LogP contribution in [0.25, 0.3) is 0 Å². The molecular formula is C14H21N3O2. The number of carboxylic acids is 1. The van der Waals surface area contributed by atoms with E-state index in [0.29, 0.717) is 12.8 Å². The molecule has 1 N–H and O–H groups in total. The highest BCUT2D eigenvalue weighted by Crippen LogP contribution is 2.22. The topological polar surface area (TPSA) is 66.3 Å². The SMILES string of the molecule is CCc1cc(N2CCC(C(=O)O)CC2)nc(CC)n1. The van der Waals surface area contributed by atoms with Crippen molar-refractivity contribution < 1.29 is 9.90 Å². The van der Waals surface area contributed by atoms with Crippen LogP contribution in [0.4, 0.5) is 5.82 Å². The third-order valence-corrected chi connectivity index (χ3v) is 3.66. The average Bonchev–Trinajstić information content (AvgIpc) is 2.46. The van der Waals surface area contributed by atoms with Crippen LogP contribution in [0.3, 0.4) is 0 Å². The Morgan fingerprint density at radius 3 is 2.53 bits per heavy atom. The maximum Gasteiger partial charge on any atom is 0.306 e. The number of piperidine rings is 1. The molecule has 2 heterocycles. The number of carbonyl (C=O) groups is 1. The molecule has 1 saturated heterocycles. The van der Waals surface area contributed by atoms with Gasteiger partial charge in [0, 0.05) is 31.3 Å². The number of aliphatic carboxylic acids is 1. The van der Waals surface area contributed by atoms with Gasteiger partial charge in [-0.2, -0.15) is 0 Å². The van der Waals surface area contributed by atoms with Crippen molar-refractivity contribution in [1.29, 1.82) is 0 Å². The number of hydrogen-bond acceptors (Lipinski definition) is 4. The van der Waals surface area contributed by atoms with Crippen LogP contribution < -0.4 is 4.90 Å². The van der Waals surface area contributed by atoms with Crippen molar-refractivity contribution in [1.82, 2.24) is 9.97 Å². The van der Waals surface area contributed by atoms with Crippen LogP contribution in [0.1, 0.15) is 38.2 Å². The molecule has 0 spiro atoms. The molecule has 1 aromatic rings. The second kappa shape index (κ2) is 5.99. The zero-order valence-corrected chi connectivity index (χ0v) is 11.6. The maximum absolute atomic E-state index is 11.0. The normalized spacial score (nSPS) is 16.6. The van der Waals surface area contributed by atoms with E-state index in [4.69, 9.17) is 5.11 Å². The summed E-state index contributed by atoms with van der Waals surface area (Å²) in [6, 6.07) is 2.03. The van der Waals surface area contributed by atoms with Crippen LogP contribution >= 0.6 is 0 Å². The molecule has 1 aliphatic rings. The highest BCUT2D eigenvalue weighted by molar-refractivity contribution is 5.70. The molecule has 0 amide bonds. The first kappa shape index (κ1) is 13.8. The monoisotopic (exact) mass is 263 g/mol. The number of carboxylic acid groups (broad SMARTS) is 1. The van der Waals surface area contributed by atoms with Crippen LogP contribution in [0.15, 0.2) is 6.07 Å². The van der Waals surface area contributed by atoms with Gasteiger partial charge in [0.05, 0.1) is 5.92 Å². The van der Waals surface area contributed by atoms with Gasteiger partial charge in [-0.05, 0) is 19.3 Å². The van der Waals surface area contributed by atoms with E-state index >= 15 is 0 Å². The van der Waals surface area contributed by atoms with Gasteiger partial charge in [-0.1, -0.05) is 13.8 Å². The Morgan fingerprint density at radius 2 is 2.00 bits per heavy atom. The number of aromatic nitrogens is 2. The summed E-state index contributed by atoms with van der Waals surface area (Å²) in [7, 11) is 0. The maximum atomic E-state index is 11.0. The summed E-state index contributed by atoms with van der Waals surface area (Å²) in [5.74, 6) is 0.947. The molecule has 0 saturated carbocycles. The van der Waals surface area contributed by atoms with Crippen LogP contribution in [-0.2, 0) is 17.6 Å². The van der Waals surface area contributed by atoms with Crippen LogP contribution in [0.5, 0.6) is 0 Å². The first-order valence-corrected chi connectivity index (χ1v) is 6.98. The molecule has 0 aliphatic carbocycles. The van der Waals surface area contributed by atoms with Crippen molar-refractivity contribution in [3.05, 3.63) is 17.6 Å². The van der Waals surface area contributed by atoms with E-state index in [1.807, 2.05) is 6.07 Å². The second-order valence-electron chi connectivity index (χ2n) is 4.94. The molecule has 19 heavy (non-hydrogen) atoms. The Labute approximate surface area is 113 Å². The van der Waals surface area contributed by atoms with Gasteiger partial charge in [-0.3, -0.25) is 4.79 Å². The molecule has 1 aromatic heterocycles.